The minimum absolute atomic E-state index is 0.191. The smallest absolute Gasteiger partial charge is 0.270 e. The van der Waals surface area contributed by atoms with E-state index in [-0.39, 0.29) is 17.0 Å². The average Bonchev–Trinajstić information content (AvgIpc) is 2.53. The predicted octanol–water partition coefficient (Wildman–Crippen LogP) is 1.90. The van der Waals surface area contributed by atoms with Crippen LogP contribution in [0.3, 0.4) is 0 Å². The van der Waals surface area contributed by atoms with Gasteiger partial charge >= 0.3 is 0 Å². The number of fused-ring (bicyclic) bond motifs is 1. The lowest BCUT2D eigenvalue weighted by molar-refractivity contribution is 0.0777. The lowest BCUT2D eigenvalue weighted by Crippen LogP contribution is -2.28. The molecule has 2 heterocycles. The molecule has 0 saturated carbocycles. The SMILES string of the molecule is Cc1cc(=O)cc(C(=O)N(C)Cc2cnc3ccccc3n2)[nH]1. The molecule has 1 N–H and O–H groups in total. The lowest BCUT2D eigenvalue weighted by atomic mass is 10.2. The van der Waals surface area contributed by atoms with Gasteiger partial charge in [-0.15, -0.1) is 0 Å². The number of amides is 1. The van der Waals surface area contributed by atoms with Crippen molar-refractivity contribution in [2.24, 2.45) is 0 Å². The zero-order valence-corrected chi connectivity index (χ0v) is 12.9. The number of carbonyl (C=O) groups excluding carboxylic acids is 1. The fourth-order valence-corrected chi connectivity index (χ4v) is 2.39. The zero-order chi connectivity index (χ0) is 16.4. The number of H-pyrrole nitrogens is 1. The highest BCUT2D eigenvalue weighted by Crippen LogP contribution is 2.10. The molecule has 1 aromatic carbocycles. The van der Waals surface area contributed by atoms with Crippen molar-refractivity contribution in [3.63, 3.8) is 0 Å². The van der Waals surface area contributed by atoms with Gasteiger partial charge in [0, 0.05) is 24.9 Å². The monoisotopic (exact) mass is 308 g/mol. The van der Waals surface area contributed by atoms with Crippen molar-refractivity contribution in [1.29, 1.82) is 0 Å². The number of carbonyl (C=O) groups is 1. The van der Waals surface area contributed by atoms with E-state index in [0.29, 0.717) is 17.9 Å². The molecule has 1 amide bonds. The third-order valence-electron chi connectivity index (χ3n) is 3.45. The van der Waals surface area contributed by atoms with Gasteiger partial charge < -0.3 is 9.88 Å². The Morgan fingerprint density at radius 2 is 1.96 bits per heavy atom. The van der Waals surface area contributed by atoms with E-state index in [9.17, 15) is 9.59 Å². The first-order chi connectivity index (χ1) is 11.0. The van der Waals surface area contributed by atoms with Crippen LogP contribution in [-0.2, 0) is 6.54 Å². The molecule has 0 radical (unpaired) electrons. The molecule has 116 valence electrons. The summed E-state index contributed by atoms with van der Waals surface area (Å²) in [5.74, 6) is -0.263. The van der Waals surface area contributed by atoms with Crippen LogP contribution in [0.1, 0.15) is 21.9 Å². The molecule has 2 aromatic heterocycles. The fourth-order valence-electron chi connectivity index (χ4n) is 2.39. The standard InChI is InChI=1S/C17H16N4O2/c1-11-7-13(22)8-16(19-11)17(23)21(2)10-12-9-18-14-5-3-4-6-15(14)20-12/h3-9H,10H2,1-2H3,(H,19,22). The number of para-hydroxylation sites is 2. The van der Waals surface area contributed by atoms with Crippen LogP contribution in [0.5, 0.6) is 0 Å². The molecular weight excluding hydrogens is 292 g/mol. The first-order valence-electron chi connectivity index (χ1n) is 7.20. The Kier molecular flexibility index (Phi) is 3.89. The van der Waals surface area contributed by atoms with Crippen LogP contribution >= 0.6 is 0 Å². The Bertz CT molecular complexity index is 933. The third kappa shape index (κ3) is 3.26. The van der Waals surface area contributed by atoms with Gasteiger partial charge in [0.1, 0.15) is 5.69 Å². The summed E-state index contributed by atoms with van der Waals surface area (Å²) in [4.78, 5) is 37.2. The molecular formula is C17H16N4O2. The van der Waals surface area contributed by atoms with Crippen molar-refractivity contribution >= 4 is 16.9 Å². The summed E-state index contributed by atoms with van der Waals surface area (Å²) in [7, 11) is 1.67. The quantitative estimate of drug-likeness (QED) is 0.801. The van der Waals surface area contributed by atoms with E-state index in [1.165, 1.54) is 17.0 Å². The van der Waals surface area contributed by atoms with E-state index in [1.807, 2.05) is 24.3 Å². The molecule has 3 aromatic rings. The maximum absolute atomic E-state index is 12.4. The van der Waals surface area contributed by atoms with Crippen molar-refractivity contribution in [2.45, 2.75) is 13.5 Å². The summed E-state index contributed by atoms with van der Waals surface area (Å²) >= 11 is 0. The Morgan fingerprint density at radius 1 is 1.22 bits per heavy atom. The van der Waals surface area contributed by atoms with Gasteiger partial charge in [0.15, 0.2) is 5.43 Å². The van der Waals surface area contributed by atoms with E-state index in [0.717, 1.165) is 11.0 Å². The zero-order valence-electron chi connectivity index (χ0n) is 12.9. The minimum Gasteiger partial charge on any atom is -0.354 e. The second-order valence-electron chi connectivity index (χ2n) is 5.42. The summed E-state index contributed by atoms with van der Waals surface area (Å²) in [5, 5.41) is 0. The van der Waals surface area contributed by atoms with Crippen molar-refractivity contribution in [3.05, 3.63) is 69.9 Å². The Labute approximate surface area is 132 Å². The number of pyridine rings is 1. The summed E-state index contributed by atoms with van der Waals surface area (Å²) in [6.07, 6.45) is 1.66. The first-order valence-corrected chi connectivity index (χ1v) is 7.20. The molecule has 0 aliphatic carbocycles. The van der Waals surface area contributed by atoms with Gasteiger partial charge in [0.05, 0.1) is 29.5 Å². The molecule has 3 rings (SSSR count). The van der Waals surface area contributed by atoms with E-state index in [2.05, 4.69) is 15.0 Å². The Hall–Kier alpha value is -3.02. The number of aromatic nitrogens is 3. The summed E-state index contributed by atoms with van der Waals surface area (Å²) in [6, 6.07) is 10.3. The van der Waals surface area contributed by atoms with Gasteiger partial charge in [0.2, 0.25) is 0 Å². The molecule has 0 spiro atoms. The van der Waals surface area contributed by atoms with Crippen LogP contribution < -0.4 is 5.43 Å². The van der Waals surface area contributed by atoms with Crippen LogP contribution in [0.4, 0.5) is 0 Å². The van der Waals surface area contributed by atoms with Crippen molar-refractivity contribution < 1.29 is 4.79 Å². The molecule has 0 aliphatic heterocycles. The number of nitrogens with zero attached hydrogens (tertiary/aromatic N) is 3. The highest BCUT2D eigenvalue weighted by molar-refractivity contribution is 5.92. The van der Waals surface area contributed by atoms with Crippen molar-refractivity contribution in [3.8, 4) is 0 Å². The molecule has 0 fully saturated rings. The van der Waals surface area contributed by atoms with Gasteiger partial charge in [-0.05, 0) is 19.1 Å². The van der Waals surface area contributed by atoms with Crippen molar-refractivity contribution in [1.82, 2.24) is 19.9 Å². The number of rotatable bonds is 3. The Morgan fingerprint density at radius 3 is 2.70 bits per heavy atom. The maximum Gasteiger partial charge on any atom is 0.270 e. The van der Waals surface area contributed by atoms with Gasteiger partial charge in [-0.1, -0.05) is 12.1 Å². The largest absolute Gasteiger partial charge is 0.354 e. The number of aromatic amines is 1. The molecule has 0 atom stereocenters. The maximum atomic E-state index is 12.4. The third-order valence-corrected chi connectivity index (χ3v) is 3.45. The second kappa shape index (κ2) is 6.00. The number of aryl methyl sites for hydroxylation is 1. The fraction of sp³-hybridized carbons (Fsp3) is 0.176. The molecule has 0 unspecified atom stereocenters. The second-order valence-corrected chi connectivity index (χ2v) is 5.42. The summed E-state index contributed by atoms with van der Waals surface area (Å²) in [5.41, 5.74) is 3.02. The normalized spacial score (nSPS) is 10.7. The molecule has 0 aliphatic rings. The summed E-state index contributed by atoms with van der Waals surface area (Å²) < 4.78 is 0. The van der Waals surface area contributed by atoms with Crippen LogP contribution in [0.15, 0.2) is 47.4 Å². The van der Waals surface area contributed by atoms with Crippen molar-refractivity contribution in [2.75, 3.05) is 7.05 Å². The van der Waals surface area contributed by atoms with E-state index >= 15 is 0 Å². The van der Waals surface area contributed by atoms with Gasteiger partial charge in [-0.2, -0.15) is 0 Å². The number of nitrogens with one attached hydrogen (secondary N) is 1. The number of hydrogen-bond donors (Lipinski definition) is 1. The van der Waals surface area contributed by atoms with Gasteiger partial charge in [-0.3, -0.25) is 14.6 Å². The minimum atomic E-state index is -0.263. The van der Waals surface area contributed by atoms with E-state index in [4.69, 9.17) is 0 Å². The molecule has 23 heavy (non-hydrogen) atoms. The topological polar surface area (TPSA) is 79.0 Å². The molecule has 6 heteroatoms. The highest BCUT2D eigenvalue weighted by atomic mass is 16.2. The van der Waals surface area contributed by atoms with Crippen LogP contribution in [0.2, 0.25) is 0 Å². The van der Waals surface area contributed by atoms with Gasteiger partial charge in [0.25, 0.3) is 5.91 Å². The van der Waals surface area contributed by atoms with Crippen LogP contribution in [0.25, 0.3) is 11.0 Å². The average molecular weight is 308 g/mol. The summed E-state index contributed by atoms with van der Waals surface area (Å²) in [6.45, 7) is 2.06. The van der Waals surface area contributed by atoms with Crippen LogP contribution in [0, 0.1) is 6.92 Å². The lowest BCUT2D eigenvalue weighted by Gasteiger charge is -2.17. The molecule has 0 bridgehead atoms. The molecule has 6 nitrogen and oxygen atoms in total. The van der Waals surface area contributed by atoms with E-state index < -0.39 is 0 Å². The highest BCUT2D eigenvalue weighted by Gasteiger charge is 2.14. The van der Waals surface area contributed by atoms with Gasteiger partial charge in [-0.25, -0.2) is 4.98 Å². The predicted molar refractivity (Wildman–Crippen MR) is 87.1 cm³/mol. The first kappa shape index (κ1) is 14.9. The molecule has 0 saturated heterocycles. The Balaban J connectivity index is 1.83. The number of benzene rings is 1. The van der Waals surface area contributed by atoms with Crippen LogP contribution in [-0.4, -0.2) is 32.8 Å². The van der Waals surface area contributed by atoms with E-state index in [1.54, 1.807) is 20.2 Å². The number of hydrogen-bond acceptors (Lipinski definition) is 4.